The Hall–Kier alpha value is -2.15. The maximum absolute atomic E-state index is 9.01. The second kappa shape index (κ2) is 5.46. The second-order valence-electron chi connectivity index (χ2n) is 5.52. The maximum Gasteiger partial charge on any atom is 0.224 e. The number of benzene rings is 1. The van der Waals surface area contributed by atoms with E-state index in [1.807, 2.05) is 6.07 Å². The number of nitrogens with zero attached hydrogens (tertiary/aromatic N) is 3. The summed E-state index contributed by atoms with van der Waals surface area (Å²) < 4.78 is 6.06. The number of nitriles is 1. The van der Waals surface area contributed by atoms with Gasteiger partial charge in [-0.25, -0.2) is 9.97 Å². The molecule has 20 heavy (non-hydrogen) atoms. The third-order valence-electron chi connectivity index (χ3n) is 3.97. The van der Waals surface area contributed by atoms with E-state index < -0.39 is 0 Å². The molecule has 4 heteroatoms. The number of hydrogen-bond acceptors (Lipinski definition) is 4. The van der Waals surface area contributed by atoms with Crippen LogP contribution in [-0.4, -0.2) is 16.1 Å². The van der Waals surface area contributed by atoms with Crippen molar-refractivity contribution in [3.63, 3.8) is 0 Å². The predicted octanol–water partition coefficient (Wildman–Crippen LogP) is 3.46. The van der Waals surface area contributed by atoms with E-state index in [9.17, 15) is 0 Å². The van der Waals surface area contributed by atoms with Crippen LogP contribution in [-0.2, 0) is 0 Å². The highest BCUT2D eigenvalue weighted by molar-refractivity contribution is 5.84. The van der Waals surface area contributed by atoms with Crippen LogP contribution in [0.15, 0.2) is 24.5 Å². The van der Waals surface area contributed by atoms with E-state index in [1.54, 1.807) is 12.1 Å². The van der Waals surface area contributed by atoms with Crippen molar-refractivity contribution in [1.29, 1.82) is 5.26 Å². The number of aromatic nitrogens is 2. The first-order valence-corrected chi connectivity index (χ1v) is 7.08. The first-order valence-electron chi connectivity index (χ1n) is 7.08. The molecule has 102 valence electrons. The van der Waals surface area contributed by atoms with Gasteiger partial charge >= 0.3 is 0 Å². The van der Waals surface area contributed by atoms with Crippen LogP contribution in [0.5, 0.6) is 5.88 Å². The van der Waals surface area contributed by atoms with Crippen molar-refractivity contribution in [2.24, 2.45) is 5.92 Å². The van der Waals surface area contributed by atoms with E-state index in [4.69, 9.17) is 10.00 Å². The summed E-state index contributed by atoms with van der Waals surface area (Å²) in [7, 11) is 0. The molecular formula is C16H17N3O. The Balaban J connectivity index is 1.89. The van der Waals surface area contributed by atoms with Crippen molar-refractivity contribution in [1.82, 2.24) is 9.97 Å². The first kappa shape index (κ1) is 12.9. The van der Waals surface area contributed by atoms with E-state index in [0.717, 1.165) is 29.7 Å². The molecule has 0 atom stereocenters. The van der Waals surface area contributed by atoms with Crippen molar-refractivity contribution in [3.05, 3.63) is 30.1 Å². The van der Waals surface area contributed by atoms with E-state index >= 15 is 0 Å². The maximum atomic E-state index is 9.01. The second-order valence-corrected chi connectivity index (χ2v) is 5.52. The van der Waals surface area contributed by atoms with E-state index in [2.05, 4.69) is 23.0 Å². The van der Waals surface area contributed by atoms with Crippen molar-refractivity contribution in [3.8, 4) is 11.9 Å². The fourth-order valence-corrected chi connectivity index (χ4v) is 2.70. The van der Waals surface area contributed by atoms with Gasteiger partial charge in [0.05, 0.1) is 22.5 Å². The normalized spacial score (nSPS) is 22.4. The number of rotatable bonds is 2. The molecule has 0 N–H and O–H groups in total. The lowest BCUT2D eigenvalue weighted by molar-refractivity contribution is 0.132. The highest BCUT2D eigenvalue weighted by atomic mass is 16.5. The molecule has 1 saturated carbocycles. The van der Waals surface area contributed by atoms with Crippen LogP contribution in [0.1, 0.15) is 38.2 Å². The zero-order valence-corrected chi connectivity index (χ0v) is 11.5. The molecule has 0 radical (unpaired) electrons. The van der Waals surface area contributed by atoms with Gasteiger partial charge in [-0.3, -0.25) is 0 Å². The van der Waals surface area contributed by atoms with Crippen LogP contribution >= 0.6 is 0 Å². The summed E-state index contributed by atoms with van der Waals surface area (Å²) in [6.07, 6.45) is 6.31. The number of ether oxygens (including phenoxy) is 1. The molecule has 0 bridgehead atoms. The van der Waals surface area contributed by atoms with Crippen molar-refractivity contribution in [2.45, 2.75) is 38.7 Å². The summed E-state index contributed by atoms with van der Waals surface area (Å²) in [5.74, 6) is 1.40. The van der Waals surface area contributed by atoms with Crippen LogP contribution in [0.3, 0.4) is 0 Å². The minimum Gasteiger partial charge on any atom is -0.474 e. The van der Waals surface area contributed by atoms with Gasteiger partial charge in [0.2, 0.25) is 5.88 Å². The Labute approximate surface area is 118 Å². The highest BCUT2D eigenvalue weighted by Crippen LogP contribution is 2.29. The molecule has 1 aromatic heterocycles. The quantitative estimate of drug-likeness (QED) is 0.836. The summed E-state index contributed by atoms with van der Waals surface area (Å²) in [6, 6.07) is 7.55. The molecular weight excluding hydrogens is 250 g/mol. The monoisotopic (exact) mass is 267 g/mol. The Bertz CT molecular complexity index is 654. The summed E-state index contributed by atoms with van der Waals surface area (Å²) in [4.78, 5) is 8.47. The summed E-state index contributed by atoms with van der Waals surface area (Å²) in [5.41, 5.74) is 1.42. The fourth-order valence-electron chi connectivity index (χ4n) is 2.70. The smallest absolute Gasteiger partial charge is 0.224 e. The summed E-state index contributed by atoms with van der Waals surface area (Å²) in [6.45, 7) is 2.29. The first-order chi connectivity index (χ1) is 9.76. The van der Waals surface area contributed by atoms with Crippen molar-refractivity contribution in [2.75, 3.05) is 0 Å². The molecule has 0 saturated heterocycles. The molecule has 3 rings (SSSR count). The van der Waals surface area contributed by atoms with E-state index in [0.29, 0.717) is 11.4 Å². The molecule has 4 nitrogen and oxygen atoms in total. The van der Waals surface area contributed by atoms with Gasteiger partial charge in [0.1, 0.15) is 12.4 Å². The lowest BCUT2D eigenvalue weighted by atomic mass is 9.89. The Morgan fingerprint density at radius 3 is 2.75 bits per heavy atom. The lowest BCUT2D eigenvalue weighted by Crippen LogP contribution is -2.23. The van der Waals surface area contributed by atoms with Gasteiger partial charge in [-0.15, -0.1) is 0 Å². The molecule has 0 amide bonds. The standard InChI is InChI=1S/C16H17N3O/c1-11-2-5-13(6-3-11)20-16-14-8-12(9-17)4-7-15(14)18-10-19-16/h4,7-8,10-11,13H,2-3,5-6H2,1H3/t11-,13-. The highest BCUT2D eigenvalue weighted by Gasteiger charge is 2.20. The Kier molecular flexibility index (Phi) is 3.51. The molecule has 2 aromatic rings. The zero-order chi connectivity index (χ0) is 13.9. The summed E-state index contributed by atoms with van der Waals surface area (Å²) >= 11 is 0. The molecule has 1 aromatic carbocycles. The molecule has 1 fully saturated rings. The van der Waals surface area contributed by atoms with Crippen LogP contribution < -0.4 is 4.74 Å². The van der Waals surface area contributed by atoms with E-state index in [-0.39, 0.29) is 6.10 Å². The van der Waals surface area contributed by atoms with Gasteiger partial charge in [0, 0.05) is 0 Å². The molecule has 0 aliphatic heterocycles. The SMILES string of the molecule is C[C@H]1CC[C@H](Oc2ncnc3ccc(C#N)cc23)CC1. The average molecular weight is 267 g/mol. The minimum absolute atomic E-state index is 0.232. The van der Waals surface area contributed by atoms with Gasteiger partial charge in [0.15, 0.2) is 0 Å². The third kappa shape index (κ3) is 2.57. The van der Waals surface area contributed by atoms with Gasteiger partial charge in [0.25, 0.3) is 0 Å². The number of hydrogen-bond donors (Lipinski definition) is 0. The fraction of sp³-hybridized carbons (Fsp3) is 0.438. The van der Waals surface area contributed by atoms with E-state index in [1.165, 1.54) is 19.2 Å². The van der Waals surface area contributed by atoms with Gasteiger partial charge in [-0.05, 0) is 49.8 Å². The largest absolute Gasteiger partial charge is 0.474 e. The van der Waals surface area contributed by atoms with Gasteiger partial charge in [-0.2, -0.15) is 5.26 Å². The number of fused-ring (bicyclic) bond motifs is 1. The lowest BCUT2D eigenvalue weighted by Gasteiger charge is -2.26. The molecule has 0 unspecified atom stereocenters. The molecule has 1 aliphatic carbocycles. The third-order valence-corrected chi connectivity index (χ3v) is 3.97. The van der Waals surface area contributed by atoms with Crippen molar-refractivity contribution >= 4 is 10.9 Å². The van der Waals surface area contributed by atoms with Crippen molar-refractivity contribution < 1.29 is 4.74 Å². The predicted molar refractivity (Wildman–Crippen MR) is 76.3 cm³/mol. The van der Waals surface area contributed by atoms with Crippen LogP contribution in [0.2, 0.25) is 0 Å². The Morgan fingerprint density at radius 2 is 2.00 bits per heavy atom. The van der Waals surface area contributed by atoms with Crippen LogP contribution in [0, 0.1) is 17.2 Å². The van der Waals surface area contributed by atoms with Gasteiger partial charge < -0.3 is 4.74 Å². The molecule has 0 spiro atoms. The topological polar surface area (TPSA) is 58.8 Å². The average Bonchev–Trinajstić information content (AvgIpc) is 2.49. The molecule has 1 heterocycles. The minimum atomic E-state index is 0.232. The Morgan fingerprint density at radius 1 is 1.20 bits per heavy atom. The zero-order valence-electron chi connectivity index (χ0n) is 11.5. The summed E-state index contributed by atoms with van der Waals surface area (Å²) in [5, 5.41) is 9.83. The van der Waals surface area contributed by atoms with Crippen LogP contribution in [0.25, 0.3) is 10.9 Å². The van der Waals surface area contributed by atoms with Gasteiger partial charge in [-0.1, -0.05) is 6.92 Å². The van der Waals surface area contributed by atoms with Crippen LogP contribution in [0.4, 0.5) is 0 Å². The molecule has 1 aliphatic rings.